The summed E-state index contributed by atoms with van der Waals surface area (Å²) in [6, 6.07) is 2.53. The van der Waals surface area contributed by atoms with E-state index in [0.29, 0.717) is 29.3 Å². The first-order valence-electron chi connectivity index (χ1n) is 18.9. The Balaban J connectivity index is 1.70. The monoisotopic (exact) mass is 807 g/mol. The summed E-state index contributed by atoms with van der Waals surface area (Å²) >= 11 is 8.51. The van der Waals surface area contributed by atoms with E-state index < -0.39 is 72.1 Å². The largest absolute Gasteiger partial charge is 0.457 e. The molecular formula is C40H58ClN3O10S. The van der Waals surface area contributed by atoms with Crippen LogP contribution in [0.25, 0.3) is 0 Å². The highest BCUT2D eigenvalue weighted by Gasteiger charge is 2.64. The lowest BCUT2D eigenvalue weighted by molar-refractivity contribution is -0.162. The van der Waals surface area contributed by atoms with E-state index in [4.69, 9.17) is 25.8 Å². The summed E-state index contributed by atoms with van der Waals surface area (Å²) in [5.74, 6) is -2.86. The number of ether oxygens (including phenoxy) is 3. The van der Waals surface area contributed by atoms with Crippen molar-refractivity contribution in [2.45, 2.75) is 133 Å². The molecule has 3 amide bonds. The second-order valence-electron chi connectivity index (χ2n) is 15.7. The van der Waals surface area contributed by atoms with Crippen molar-refractivity contribution in [3.05, 3.63) is 52.1 Å². The molecule has 1 aromatic rings. The minimum Gasteiger partial charge on any atom is -0.457 e. The number of aliphatic hydroxyl groups is 3. The number of halogens is 1. The van der Waals surface area contributed by atoms with Gasteiger partial charge in [-0.15, -0.1) is 0 Å². The van der Waals surface area contributed by atoms with E-state index in [0.717, 1.165) is 11.1 Å². The van der Waals surface area contributed by atoms with Gasteiger partial charge in [0.05, 0.1) is 36.4 Å². The fourth-order valence-electron chi connectivity index (χ4n) is 7.34. The molecule has 3 aliphatic rings. The topological polar surface area (TPSA) is 178 Å². The van der Waals surface area contributed by atoms with Crippen LogP contribution < -0.4 is 10.2 Å². The number of carbonyl (C=O) groups excluding carboxylic acids is 4. The maximum Gasteiger partial charge on any atom is 0.409 e. The van der Waals surface area contributed by atoms with E-state index >= 15 is 0 Å². The van der Waals surface area contributed by atoms with Gasteiger partial charge in [0, 0.05) is 44.0 Å². The molecule has 3 heterocycles. The second kappa shape index (κ2) is 18.4. The van der Waals surface area contributed by atoms with Crippen LogP contribution in [0.4, 0.5) is 10.5 Å². The normalized spacial score (nSPS) is 31.3. The van der Waals surface area contributed by atoms with Gasteiger partial charge in [-0.3, -0.25) is 14.9 Å². The van der Waals surface area contributed by atoms with Crippen molar-refractivity contribution in [1.82, 2.24) is 10.2 Å². The number of nitrogens with one attached hydrogen (secondary N) is 1. The molecule has 1 aromatic carbocycles. The van der Waals surface area contributed by atoms with Crippen LogP contribution in [-0.4, -0.2) is 111 Å². The zero-order valence-corrected chi connectivity index (χ0v) is 34.9. The van der Waals surface area contributed by atoms with Gasteiger partial charge in [-0.05, 0) is 56.1 Å². The molecule has 4 N–H and O–H groups in total. The van der Waals surface area contributed by atoms with Crippen molar-refractivity contribution in [2.75, 3.05) is 25.6 Å². The number of esters is 1. The van der Waals surface area contributed by atoms with Gasteiger partial charge in [-0.1, -0.05) is 69.2 Å². The molecule has 0 saturated carbocycles. The van der Waals surface area contributed by atoms with Gasteiger partial charge < -0.3 is 39.3 Å². The van der Waals surface area contributed by atoms with Crippen LogP contribution in [-0.2, 0) is 41.6 Å². The third-order valence-corrected chi connectivity index (χ3v) is 12.7. The van der Waals surface area contributed by atoms with E-state index in [9.17, 15) is 34.5 Å². The van der Waals surface area contributed by atoms with Gasteiger partial charge in [-0.2, -0.15) is 11.8 Å². The molecule has 0 spiro atoms. The number of amides is 3. The van der Waals surface area contributed by atoms with Crippen molar-refractivity contribution in [1.29, 1.82) is 0 Å². The summed E-state index contributed by atoms with van der Waals surface area (Å²) in [4.78, 5) is 56.7. The van der Waals surface area contributed by atoms with E-state index in [1.807, 2.05) is 13.0 Å². The number of anilines is 1. The molecular weight excluding hydrogens is 750 g/mol. The lowest BCUT2D eigenvalue weighted by Gasteiger charge is -2.42. The Morgan fingerprint density at radius 3 is 2.53 bits per heavy atom. The molecule has 15 heteroatoms. The average Bonchev–Trinajstić information content (AvgIpc) is 3.82. The number of likely N-dealkylation sites (N-methyl/N-ethyl adjacent to an activating group) is 1. The number of allylic oxidation sites excluding steroid dienone is 3. The van der Waals surface area contributed by atoms with E-state index in [1.54, 1.807) is 70.9 Å². The highest BCUT2D eigenvalue weighted by molar-refractivity contribution is 8.00. The minimum atomic E-state index is -1.86. The Labute approximate surface area is 333 Å². The van der Waals surface area contributed by atoms with Crippen LogP contribution in [0, 0.1) is 11.8 Å². The molecule has 13 nitrogen and oxygen atoms in total. The van der Waals surface area contributed by atoms with Gasteiger partial charge in [0.15, 0.2) is 5.72 Å². The first kappa shape index (κ1) is 44.6. The predicted octanol–water partition coefficient (Wildman–Crippen LogP) is 4.90. The number of fused-ring (bicyclic) bond motifs is 5. The molecule has 2 saturated heterocycles. The van der Waals surface area contributed by atoms with E-state index in [2.05, 4.69) is 26.1 Å². The number of hydrogen-bond acceptors (Lipinski definition) is 11. The molecule has 4 bridgehead atoms. The first-order valence-corrected chi connectivity index (χ1v) is 20.2. The molecule has 0 aliphatic carbocycles. The predicted molar refractivity (Wildman–Crippen MR) is 212 cm³/mol. The fourth-order valence-corrected chi connectivity index (χ4v) is 8.82. The van der Waals surface area contributed by atoms with Crippen LogP contribution in [0.2, 0.25) is 5.02 Å². The number of epoxide rings is 1. The molecule has 3 aliphatic heterocycles. The molecule has 2 fully saturated rings. The molecule has 55 heavy (non-hydrogen) atoms. The van der Waals surface area contributed by atoms with Gasteiger partial charge in [0.25, 0.3) is 0 Å². The Bertz CT molecular complexity index is 1660. The summed E-state index contributed by atoms with van der Waals surface area (Å²) in [5.41, 5.74) is -0.697. The molecule has 306 valence electrons. The van der Waals surface area contributed by atoms with Crippen molar-refractivity contribution in [3.8, 4) is 0 Å². The van der Waals surface area contributed by atoms with Gasteiger partial charge in [0.2, 0.25) is 11.8 Å². The third-order valence-electron chi connectivity index (χ3n) is 11.0. The van der Waals surface area contributed by atoms with E-state index in [-0.39, 0.29) is 42.0 Å². The molecule has 0 aromatic heterocycles. The molecule has 4 rings (SSSR count). The number of aliphatic hydroxyl groups excluding tert-OH is 2. The van der Waals surface area contributed by atoms with Crippen molar-refractivity contribution in [3.63, 3.8) is 0 Å². The third kappa shape index (κ3) is 10.6. The number of thioether (sulfide) groups is 1. The average molecular weight is 808 g/mol. The number of alkyl carbamates (subject to hydrolysis) is 1. The number of hydrogen-bond donors (Lipinski definition) is 4. The van der Waals surface area contributed by atoms with Gasteiger partial charge >= 0.3 is 12.1 Å². The summed E-state index contributed by atoms with van der Waals surface area (Å²) in [6.45, 7) is 12.4. The number of rotatable bonds is 10. The van der Waals surface area contributed by atoms with Crippen LogP contribution in [0.15, 0.2) is 35.9 Å². The lowest BCUT2D eigenvalue weighted by Crippen LogP contribution is -2.62. The first-order chi connectivity index (χ1) is 25.7. The molecule has 1 unspecified atom stereocenters. The van der Waals surface area contributed by atoms with Crippen LogP contribution in [0.5, 0.6) is 0 Å². The zero-order valence-electron chi connectivity index (χ0n) is 33.3. The zero-order chi connectivity index (χ0) is 41.0. The standard InChI is InChI=1S/C40H58ClN3O10S/c1-22(2)55-24(4)13-14-33(47)43(8)26(6)37(49)53-32-18-34(48)44(9)30-17-27(16-28(20-45)35(30)41)15-23(3)11-10-12-29(21-46)40(51)19-31(52-38(50)42-40)25(5)36-39(32,7)54-36/h10-12,16-17,22,24-26,29,31-32,36,45-46,51H,13-15,18-21H2,1-9H3,(H,42,50)/b12-10+,23-11+/t24?,25-,26-,29+,31+,32+,36+,39+,40+/m1/s1. The summed E-state index contributed by atoms with van der Waals surface area (Å²) in [6.07, 6.45) is 2.40. The summed E-state index contributed by atoms with van der Waals surface area (Å²) < 4.78 is 18.0. The highest BCUT2D eigenvalue weighted by atomic mass is 35.5. The Morgan fingerprint density at radius 2 is 1.89 bits per heavy atom. The van der Waals surface area contributed by atoms with Crippen molar-refractivity contribution in [2.24, 2.45) is 11.8 Å². The van der Waals surface area contributed by atoms with Crippen LogP contribution in [0.1, 0.15) is 85.3 Å². The van der Waals surface area contributed by atoms with Gasteiger partial charge in [-0.25, -0.2) is 9.59 Å². The fraction of sp³-hybridized carbons (Fsp3) is 0.650. The Kier molecular flexibility index (Phi) is 14.9. The second-order valence-corrected chi connectivity index (χ2v) is 18.1. The Hall–Kier alpha value is -3.14. The van der Waals surface area contributed by atoms with Gasteiger partial charge in [0.1, 0.15) is 23.9 Å². The lowest BCUT2D eigenvalue weighted by atomic mass is 9.81. The van der Waals surface area contributed by atoms with E-state index in [1.165, 1.54) is 9.80 Å². The number of benzene rings is 1. The smallest absolute Gasteiger partial charge is 0.409 e. The maximum absolute atomic E-state index is 14.2. The SMILES string of the molecule is C/C1=C\C=C\[C@@H](CO)[C@@]2(O)C[C@H](OC(=O)N2)[C@@H](C)[C@@H]2O[C@@]2(C)[C@@H](OC(=O)[C@@H](C)N(C)C(=O)CCC(C)SC(C)C)CC(=O)N(C)c2cc(cc(CO)c2Cl)C1. The highest BCUT2D eigenvalue weighted by Crippen LogP contribution is 2.49. The number of carbonyl (C=O) groups is 4. The molecule has 0 radical (unpaired) electrons. The quantitative estimate of drug-likeness (QED) is 0.187. The summed E-state index contributed by atoms with van der Waals surface area (Å²) in [5, 5.41) is 35.6. The Morgan fingerprint density at radius 1 is 1.20 bits per heavy atom. The summed E-state index contributed by atoms with van der Waals surface area (Å²) in [7, 11) is 3.10. The number of nitrogens with zero attached hydrogens (tertiary/aromatic N) is 2. The minimum absolute atomic E-state index is 0.0905. The van der Waals surface area contributed by atoms with Crippen LogP contribution in [0.3, 0.4) is 0 Å². The molecule has 9 atom stereocenters. The maximum atomic E-state index is 14.2. The van der Waals surface area contributed by atoms with Crippen LogP contribution >= 0.6 is 23.4 Å². The van der Waals surface area contributed by atoms with Crippen molar-refractivity contribution >= 4 is 52.9 Å². The van der Waals surface area contributed by atoms with Crippen molar-refractivity contribution < 1.29 is 48.7 Å².